The molecule has 2 saturated heterocycles. The number of benzene rings is 1. The lowest BCUT2D eigenvalue weighted by atomic mass is 9.97. The van der Waals surface area contributed by atoms with E-state index in [0.29, 0.717) is 26.3 Å². The quantitative estimate of drug-likeness (QED) is 0.809. The van der Waals surface area contributed by atoms with Crippen LogP contribution in [-0.2, 0) is 24.3 Å². The first-order chi connectivity index (χ1) is 12.1. The van der Waals surface area contributed by atoms with E-state index < -0.39 is 10.0 Å². The average Bonchev–Trinajstić information content (AvgIpc) is 3.17. The van der Waals surface area contributed by atoms with Crippen LogP contribution in [0.15, 0.2) is 35.2 Å². The van der Waals surface area contributed by atoms with Crippen LogP contribution < -0.4 is 4.72 Å². The van der Waals surface area contributed by atoms with E-state index >= 15 is 0 Å². The van der Waals surface area contributed by atoms with Gasteiger partial charge in [-0.3, -0.25) is 4.79 Å². The van der Waals surface area contributed by atoms with Gasteiger partial charge in [0.1, 0.15) is 0 Å². The van der Waals surface area contributed by atoms with Crippen LogP contribution in [0.1, 0.15) is 19.3 Å². The number of nitrogens with zero attached hydrogens (tertiary/aromatic N) is 1. The maximum atomic E-state index is 12.4. The number of likely N-dealkylation sites (tertiary alicyclic amines) is 1. The maximum Gasteiger partial charge on any atom is 0.240 e. The Morgan fingerprint density at radius 3 is 2.64 bits per heavy atom. The van der Waals surface area contributed by atoms with Gasteiger partial charge in [-0.1, -0.05) is 18.2 Å². The molecule has 0 aromatic heterocycles. The summed E-state index contributed by atoms with van der Waals surface area (Å²) >= 11 is 0. The SMILES string of the molecule is O=C(CCNS(=O)(=O)c1ccccc1)N1CCCC(C2OCCO2)C1. The summed E-state index contributed by atoms with van der Waals surface area (Å²) in [5, 5.41) is 0. The molecule has 0 bridgehead atoms. The molecule has 0 saturated carbocycles. The van der Waals surface area contributed by atoms with Crippen LogP contribution in [0, 0.1) is 5.92 Å². The summed E-state index contributed by atoms with van der Waals surface area (Å²) in [6.45, 7) is 2.61. The van der Waals surface area contributed by atoms with Crippen molar-refractivity contribution in [2.45, 2.75) is 30.4 Å². The minimum absolute atomic E-state index is 0.0431. The molecule has 3 rings (SSSR count). The number of piperidine rings is 1. The minimum atomic E-state index is -3.57. The summed E-state index contributed by atoms with van der Waals surface area (Å²) in [7, 11) is -3.57. The predicted octanol–water partition coefficient (Wildman–Crippen LogP) is 0.966. The fourth-order valence-corrected chi connectivity index (χ4v) is 4.29. The van der Waals surface area contributed by atoms with E-state index in [1.165, 1.54) is 12.1 Å². The van der Waals surface area contributed by atoms with E-state index in [0.717, 1.165) is 12.8 Å². The highest BCUT2D eigenvalue weighted by Crippen LogP contribution is 2.25. The second-order valence-electron chi connectivity index (χ2n) is 6.31. The molecule has 25 heavy (non-hydrogen) atoms. The normalized spacial score (nSPS) is 22.2. The lowest BCUT2D eigenvalue weighted by Crippen LogP contribution is -2.44. The molecule has 7 nitrogen and oxygen atoms in total. The van der Waals surface area contributed by atoms with Crippen LogP contribution in [0.4, 0.5) is 0 Å². The Morgan fingerprint density at radius 1 is 1.20 bits per heavy atom. The molecule has 0 radical (unpaired) electrons. The Bertz CT molecular complexity index is 674. The predicted molar refractivity (Wildman–Crippen MR) is 91.2 cm³/mol. The highest BCUT2D eigenvalue weighted by atomic mass is 32.2. The van der Waals surface area contributed by atoms with Gasteiger partial charge in [0.2, 0.25) is 15.9 Å². The number of ether oxygens (including phenoxy) is 2. The smallest absolute Gasteiger partial charge is 0.240 e. The summed E-state index contributed by atoms with van der Waals surface area (Å²) in [5.74, 6) is 0.152. The second-order valence-corrected chi connectivity index (χ2v) is 8.08. The Morgan fingerprint density at radius 2 is 1.92 bits per heavy atom. The zero-order valence-electron chi connectivity index (χ0n) is 14.1. The first kappa shape index (κ1) is 18.3. The summed E-state index contributed by atoms with van der Waals surface area (Å²) in [6.07, 6.45) is 1.82. The molecule has 8 heteroatoms. The van der Waals surface area contributed by atoms with Gasteiger partial charge >= 0.3 is 0 Å². The number of hydrogen-bond donors (Lipinski definition) is 1. The molecule has 2 aliphatic rings. The molecular formula is C17H24N2O5S. The Balaban J connectivity index is 1.47. The van der Waals surface area contributed by atoms with E-state index in [9.17, 15) is 13.2 Å². The zero-order chi connectivity index (χ0) is 17.7. The number of hydrogen-bond acceptors (Lipinski definition) is 5. The first-order valence-corrected chi connectivity index (χ1v) is 10.1. The molecule has 1 unspecified atom stereocenters. The van der Waals surface area contributed by atoms with Gasteiger partial charge in [-0.2, -0.15) is 0 Å². The third kappa shape index (κ3) is 4.78. The van der Waals surface area contributed by atoms with Crippen LogP contribution in [0.5, 0.6) is 0 Å². The summed E-state index contributed by atoms with van der Waals surface area (Å²) < 4.78 is 37.9. The van der Waals surface area contributed by atoms with Gasteiger partial charge in [0.25, 0.3) is 0 Å². The molecule has 1 aromatic rings. The van der Waals surface area contributed by atoms with Crippen molar-refractivity contribution in [1.82, 2.24) is 9.62 Å². The molecule has 1 aromatic carbocycles. The highest BCUT2D eigenvalue weighted by Gasteiger charge is 2.32. The maximum absolute atomic E-state index is 12.4. The van der Waals surface area contributed by atoms with Crippen molar-refractivity contribution in [3.8, 4) is 0 Å². The monoisotopic (exact) mass is 368 g/mol. The second kappa shape index (κ2) is 8.27. The molecule has 1 amide bonds. The number of sulfonamides is 1. The number of carbonyl (C=O) groups is 1. The topological polar surface area (TPSA) is 84.9 Å². The van der Waals surface area contributed by atoms with Gasteiger partial charge < -0.3 is 14.4 Å². The Kier molecular flexibility index (Phi) is 6.06. The fraction of sp³-hybridized carbons (Fsp3) is 0.588. The number of nitrogens with one attached hydrogen (secondary N) is 1. The van der Waals surface area contributed by atoms with E-state index in [2.05, 4.69) is 4.72 Å². The lowest BCUT2D eigenvalue weighted by Gasteiger charge is -2.34. The van der Waals surface area contributed by atoms with Crippen LogP contribution >= 0.6 is 0 Å². The van der Waals surface area contributed by atoms with Crippen molar-refractivity contribution in [2.24, 2.45) is 5.92 Å². The highest BCUT2D eigenvalue weighted by molar-refractivity contribution is 7.89. The van der Waals surface area contributed by atoms with Crippen molar-refractivity contribution in [3.05, 3.63) is 30.3 Å². The number of amides is 1. The third-order valence-corrected chi connectivity index (χ3v) is 6.00. The van der Waals surface area contributed by atoms with Crippen LogP contribution in [-0.4, -0.2) is 58.4 Å². The van der Waals surface area contributed by atoms with Crippen LogP contribution in [0.25, 0.3) is 0 Å². The third-order valence-electron chi connectivity index (χ3n) is 4.53. The zero-order valence-corrected chi connectivity index (χ0v) is 14.9. The van der Waals surface area contributed by atoms with E-state index in [1.807, 2.05) is 0 Å². The summed E-state index contributed by atoms with van der Waals surface area (Å²) in [5.41, 5.74) is 0. The minimum Gasteiger partial charge on any atom is -0.350 e. The van der Waals surface area contributed by atoms with E-state index in [-0.39, 0.29) is 36.0 Å². The summed E-state index contributed by atoms with van der Waals surface area (Å²) in [4.78, 5) is 14.4. The average molecular weight is 368 g/mol. The molecule has 1 N–H and O–H groups in total. The van der Waals surface area contributed by atoms with Crippen molar-refractivity contribution >= 4 is 15.9 Å². The van der Waals surface area contributed by atoms with Gasteiger partial charge in [-0.25, -0.2) is 13.1 Å². The largest absolute Gasteiger partial charge is 0.350 e. The Labute approximate surface area is 148 Å². The molecule has 138 valence electrons. The molecule has 1 atom stereocenters. The fourth-order valence-electron chi connectivity index (χ4n) is 3.24. The van der Waals surface area contributed by atoms with E-state index in [1.54, 1.807) is 23.1 Å². The molecule has 2 aliphatic heterocycles. The van der Waals surface area contributed by atoms with Crippen LogP contribution in [0.3, 0.4) is 0 Å². The van der Waals surface area contributed by atoms with Gasteiger partial charge in [-0.05, 0) is 25.0 Å². The molecule has 2 heterocycles. The van der Waals surface area contributed by atoms with Crippen molar-refractivity contribution in [2.75, 3.05) is 32.8 Å². The van der Waals surface area contributed by atoms with Gasteiger partial charge in [0, 0.05) is 32.0 Å². The molecular weight excluding hydrogens is 344 g/mol. The first-order valence-electron chi connectivity index (χ1n) is 8.62. The Hall–Kier alpha value is -1.48. The standard InChI is InChI=1S/C17H24N2O5S/c20-16(8-9-18-25(21,22)15-6-2-1-3-7-15)19-10-4-5-14(13-19)17-23-11-12-24-17/h1-3,6-7,14,17-18H,4-5,8-13H2. The number of rotatable bonds is 6. The van der Waals surface area contributed by atoms with Gasteiger partial charge in [0.15, 0.2) is 6.29 Å². The van der Waals surface area contributed by atoms with Crippen molar-refractivity contribution < 1.29 is 22.7 Å². The number of carbonyl (C=O) groups excluding carboxylic acids is 1. The van der Waals surface area contributed by atoms with Gasteiger partial charge in [-0.15, -0.1) is 0 Å². The van der Waals surface area contributed by atoms with Crippen molar-refractivity contribution in [1.29, 1.82) is 0 Å². The molecule has 2 fully saturated rings. The molecule has 0 spiro atoms. The lowest BCUT2D eigenvalue weighted by molar-refractivity contribution is -0.139. The van der Waals surface area contributed by atoms with Gasteiger partial charge in [0.05, 0.1) is 18.1 Å². The molecule has 0 aliphatic carbocycles. The van der Waals surface area contributed by atoms with Crippen molar-refractivity contribution in [3.63, 3.8) is 0 Å². The summed E-state index contributed by atoms with van der Waals surface area (Å²) in [6, 6.07) is 8.15. The van der Waals surface area contributed by atoms with Crippen LogP contribution in [0.2, 0.25) is 0 Å². The van der Waals surface area contributed by atoms with E-state index in [4.69, 9.17) is 9.47 Å².